The summed E-state index contributed by atoms with van der Waals surface area (Å²) in [6, 6.07) is 15.9. The Morgan fingerprint density at radius 2 is 1.75 bits per heavy atom. The Labute approximate surface area is 255 Å². The molecule has 228 valence electrons. The first-order valence-electron chi connectivity index (χ1n) is 15.4. The highest BCUT2D eigenvalue weighted by Gasteiger charge is 2.36. The number of oxazole rings is 1. The number of anilines is 1. The molecule has 2 amide bonds. The fraction of sp³-hybridized carbons (Fsp3) is 0.424. The maximum absolute atomic E-state index is 14.0. The normalized spacial score (nSPS) is 21.3. The molecule has 2 fully saturated rings. The summed E-state index contributed by atoms with van der Waals surface area (Å²) in [5.41, 5.74) is 4.82. The first kappa shape index (κ1) is 28.4. The van der Waals surface area contributed by atoms with Crippen molar-refractivity contribution in [2.45, 2.75) is 57.3 Å². The lowest BCUT2D eigenvalue weighted by atomic mass is 9.94. The summed E-state index contributed by atoms with van der Waals surface area (Å²) < 4.78 is 5.67. The van der Waals surface area contributed by atoms with Gasteiger partial charge in [-0.15, -0.1) is 0 Å². The van der Waals surface area contributed by atoms with Crippen molar-refractivity contribution in [3.8, 4) is 11.4 Å². The molecule has 2 saturated heterocycles. The number of likely N-dealkylation sites (tertiary alicyclic amines) is 2. The third-order valence-electron chi connectivity index (χ3n) is 9.30. The number of benzene rings is 2. The number of piperidine rings is 2. The number of aliphatic hydroxyl groups is 1. The van der Waals surface area contributed by atoms with Crippen LogP contribution in [0.2, 0.25) is 0 Å². The Morgan fingerprint density at radius 3 is 2.55 bits per heavy atom. The fourth-order valence-electron chi connectivity index (χ4n) is 6.85. The van der Waals surface area contributed by atoms with Crippen molar-refractivity contribution in [1.82, 2.24) is 29.7 Å². The average molecular weight is 596 g/mol. The van der Waals surface area contributed by atoms with Gasteiger partial charge in [-0.3, -0.25) is 14.5 Å². The summed E-state index contributed by atoms with van der Waals surface area (Å²) in [6.45, 7) is 5.42. The molecule has 0 saturated carbocycles. The number of nitrogens with one attached hydrogen (secondary N) is 1. The zero-order chi connectivity index (χ0) is 30.2. The van der Waals surface area contributed by atoms with Crippen molar-refractivity contribution in [3.63, 3.8) is 0 Å². The van der Waals surface area contributed by atoms with Gasteiger partial charge in [0.15, 0.2) is 17.8 Å². The fourth-order valence-corrected chi connectivity index (χ4v) is 6.85. The number of nitrogens with zero attached hydrogens (tertiary/aromatic N) is 6. The highest BCUT2D eigenvalue weighted by molar-refractivity contribution is 5.95. The number of carbonyl (C=O) groups is 2. The lowest BCUT2D eigenvalue weighted by Gasteiger charge is -2.43. The molecule has 4 aromatic rings. The van der Waals surface area contributed by atoms with E-state index in [0.717, 1.165) is 32.4 Å². The van der Waals surface area contributed by atoms with Crippen molar-refractivity contribution < 1.29 is 19.1 Å². The van der Waals surface area contributed by atoms with Crippen molar-refractivity contribution >= 4 is 28.7 Å². The van der Waals surface area contributed by atoms with E-state index >= 15 is 0 Å². The van der Waals surface area contributed by atoms with Crippen molar-refractivity contribution in [2.75, 3.05) is 38.0 Å². The zero-order valence-corrected chi connectivity index (χ0v) is 24.9. The number of fused-ring (bicyclic) bond motifs is 2. The van der Waals surface area contributed by atoms with Gasteiger partial charge in [0.2, 0.25) is 5.91 Å². The van der Waals surface area contributed by atoms with Gasteiger partial charge in [-0.05, 0) is 48.9 Å². The van der Waals surface area contributed by atoms with Crippen LogP contribution >= 0.6 is 0 Å². The van der Waals surface area contributed by atoms with Gasteiger partial charge in [0.25, 0.3) is 5.91 Å². The standard InChI is InChI=1S/C33H37N7O4/c1-21(41)38-14-10-24(11-15-38)35-30-17-27(36-32(37-30)25-7-4-8-26-31(25)44-20-34-26)33(43)40-16-12-28(29(42)19-40)39-13-9-22-5-2-3-6-23(22)18-39/h2-8,17,20,24,28-29,42H,9-16,18-19H2,1H3,(H,35,36,37)/t28-,29-/m1/s1. The molecule has 44 heavy (non-hydrogen) atoms. The molecule has 3 aliphatic heterocycles. The number of β-amino-alcohol motifs (C(OH)–C–C–N with tert-alkyl or cyclic N) is 1. The molecule has 2 atom stereocenters. The van der Waals surface area contributed by atoms with Gasteiger partial charge < -0.3 is 24.6 Å². The number of para-hydroxylation sites is 1. The van der Waals surface area contributed by atoms with E-state index in [1.165, 1.54) is 17.5 Å². The first-order chi connectivity index (χ1) is 21.4. The summed E-state index contributed by atoms with van der Waals surface area (Å²) in [5.74, 6) is 0.744. The molecular formula is C33H37N7O4. The van der Waals surface area contributed by atoms with Crippen LogP contribution in [-0.4, -0.2) is 97.5 Å². The number of hydrogen-bond donors (Lipinski definition) is 2. The van der Waals surface area contributed by atoms with E-state index in [0.29, 0.717) is 54.4 Å². The molecule has 5 heterocycles. The number of amides is 2. The number of carbonyl (C=O) groups excluding carboxylic acids is 2. The minimum absolute atomic E-state index is 0.00415. The third kappa shape index (κ3) is 5.65. The topological polar surface area (TPSA) is 128 Å². The molecule has 0 aliphatic carbocycles. The Hall–Kier alpha value is -4.35. The van der Waals surface area contributed by atoms with Crippen LogP contribution in [0.25, 0.3) is 22.5 Å². The lowest BCUT2D eigenvalue weighted by Crippen LogP contribution is -2.56. The van der Waals surface area contributed by atoms with E-state index in [1.54, 1.807) is 17.9 Å². The van der Waals surface area contributed by atoms with Gasteiger partial charge in [0.1, 0.15) is 17.0 Å². The molecule has 2 aromatic carbocycles. The van der Waals surface area contributed by atoms with Gasteiger partial charge in [0, 0.05) is 64.3 Å². The van der Waals surface area contributed by atoms with Gasteiger partial charge in [-0.1, -0.05) is 30.3 Å². The van der Waals surface area contributed by atoms with Crippen LogP contribution in [0.15, 0.2) is 59.3 Å². The molecule has 0 spiro atoms. The predicted octanol–water partition coefficient (Wildman–Crippen LogP) is 3.34. The SMILES string of the molecule is CC(=O)N1CCC(Nc2cc(C(=O)N3CC[C@@H](N4CCc5ccccc5C4)[C@H](O)C3)nc(-c3cccc4ncoc34)n2)CC1. The van der Waals surface area contributed by atoms with Crippen molar-refractivity contribution in [1.29, 1.82) is 0 Å². The van der Waals surface area contributed by atoms with Crippen molar-refractivity contribution in [3.05, 3.63) is 71.7 Å². The van der Waals surface area contributed by atoms with Gasteiger partial charge in [0.05, 0.1) is 11.7 Å². The van der Waals surface area contributed by atoms with Crippen LogP contribution in [-0.2, 0) is 17.8 Å². The van der Waals surface area contributed by atoms with Crippen LogP contribution in [0.3, 0.4) is 0 Å². The minimum atomic E-state index is -0.661. The second-order valence-electron chi connectivity index (χ2n) is 12.1. The first-order valence-corrected chi connectivity index (χ1v) is 15.4. The lowest BCUT2D eigenvalue weighted by molar-refractivity contribution is -0.129. The molecule has 2 N–H and O–H groups in total. The second kappa shape index (κ2) is 12.0. The second-order valence-corrected chi connectivity index (χ2v) is 12.1. The Bertz CT molecular complexity index is 1680. The van der Waals surface area contributed by atoms with Crippen molar-refractivity contribution in [2.24, 2.45) is 0 Å². The Balaban J connectivity index is 1.12. The number of rotatable bonds is 5. The quantitative estimate of drug-likeness (QED) is 0.357. The Kier molecular flexibility index (Phi) is 7.73. The molecule has 11 heteroatoms. The zero-order valence-electron chi connectivity index (χ0n) is 24.9. The third-order valence-corrected chi connectivity index (χ3v) is 9.30. The molecule has 7 rings (SSSR count). The van der Waals surface area contributed by atoms with E-state index in [1.807, 2.05) is 23.1 Å². The molecular weight excluding hydrogens is 558 g/mol. The van der Waals surface area contributed by atoms with Gasteiger partial charge in [-0.25, -0.2) is 15.0 Å². The molecule has 0 radical (unpaired) electrons. The number of aliphatic hydroxyl groups excluding tert-OH is 1. The van der Waals surface area contributed by atoms with E-state index in [2.05, 4.69) is 39.5 Å². The highest BCUT2D eigenvalue weighted by atomic mass is 16.3. The number of hydrogen-bond acceptors (Lipinski definition) is 9. The van der Waals surface area contributed by atoms with Gasteiger partial charge >= 0.3 is 0 Å². The molecule has 2 aromatic heterocycles. The van der Waals surface area contributed by atoms with Gasteiger partial charge in [-0.2, -0.15) is 0 Å². The smallest absolute Gasteiger partial charge is 0.272 e. The summed E-state index contributed by atoms with van der Waals surface area (Å²) in [7, 11) is 0. The molecule has 0 bridgehead atoms. The largest absolute Gasteiger partial charge is 0.443 e. The maximum atomic E-state index is 14.0. The summed E-state index contributed by atoms with van der Waals surface area (Å²) >= 11 is 0. The van der Waals surface area contributed by atoms with Crippen LogP contribution in [0.5, 0.6) is 0 Å². The predicted molar refractivity (Wildman–Crippen MR) is 165 cm³/mol. The van der Waals surface area contributed by atoms with E-state index in [9.17, 15) is 14.7 Å². The maximum Gasteiger partial charge on any atom is 0.272 e. The van der Waals surface area contributed by atoms with Crippen LogP contribution in [0.1, 0.15) is 47.8 Å². The number of aromatic nitrogens is 3. The summed E-state index contributed by atoms with van der Waals surface area (Å²) in [5, 5.41) is 14.8. The summed E-state index contributed by atoms with van der Waals surface area (Å²) in [4.78, 5) is 45.5. The highest BCUT2D eigenvalue weighted by Crippen LogP contribution is 2.29. The van der Waals surface area contributed by atoms with Crippen LogP contribution in [0.4, 0.5) is 5.82 Å². The van der Waals surface area contributed by atoms with Crippen LogP contribution in [0, 0.1) is 0 Å². The Morgan fingerprint density at radius 1 is 0.955 bits per heavy atom. The monoisotopic (exact) mass is 595 g/mol. The van der Waals surface area contributed by atoms with E-state index < -0.39 is 6.10 Å². The van der Waals surface area contributed by atoms with E-state index in [-0.39, 0.29) is 36.1 Å². The molecule has 11 nitrogen and oxygen atoms in total. The van der Waals surface area contributed by atoms with E-state index in [4.69, 9.17) is 14.4 Å². The summed E-state index contributed by atoms with van der Waals surface area (Å²) in [6.07, 6.45) is 3.93. The average Bonchev–Trinajstić information content (AvgIpc) is 3.54. The molecule has 3 aliphatic rings. The van der Waals surface area contributed by atoms with Crippen LogP contribution < -0.4 is 5.32 Å². The molecule has 0 unspecified atom stereocenters. The minimum Gasteiger partial charge on any atom is -0.443 e.